The van der Waals surface area contributed by atoms with Crippen molar-refractivity contribution in [2.45, 2.75) is 37.2 Å². The number of piperazine rings is 1. The van der Waals surface area contributed by atoms with Crippen LogP contribution in [0, 0.1) is 6.92 Å². The van der Waals surface area contributed by atoms with Crippen LogP contribution in [0.5, 0.6) is 5.75 Å². The van der Waals surface area contributed by atoms with Crippen molar-refractivity contribution in [3.63, 3.8) is 0 Å². The number of nitrogens with one attached hydrogen (secondary N) is 2. The Kier molecular flexibility index (Phi) is 5.14. The van der Waals surface area contributed by atoms with E-state index in [1.807, 2.05) is 0 Å². The van der Waals surface area contributed by atoms with Crippen molar-refractivity contribution in [2.75, 3.05) is 19.7 Å². The quantitative estimate of drug-likeness (QED) is 0.744. The zero-order valence-corrected chi connectivity index (χ0v) is 16.0. The van der Waals surface area contributed by atoms with E-state index in [1.54, 1.807) is 19.9 Å². The summed E-state index contributed by atoms with van der Waals surface area (Å²) in [6.07, 6.45) is 0.223. The maximum absolute atomic E-state index is 12.9. The molecule has 1 aromatic rings. The summed E-state index contributed by atoms with van der Waals surface area (Å²) in [4.78, 5) is 25.2. The number of nitrogens with zero attached hydrogens (tertiary/aromatic N) is 1. The summed E-state index contributed by atoms with van der Waals surface area (Å²) in [5.41, 5.74) is 0.703. The van der Waals surface area contributed by atoms with Gasteiger partial charge in [-0.25, -0.2) is 13.1 Å². The molecular weight excluding hydrogens is 382 g/mol. The van der Waals surface area contributed by atoms with Gasteiger partial charge in [0.15, 0.2) is 0 Å². The van der Waals surface area contributed by atoms with Crippen molar-refractivity contribution in [3.05, 3.63) is 22.7 Å². The number of carbonyl (C=O) groups excluding carboxylic acids is 2. The van der Waals surface area contributed by atoms with Crippen molar-refractivity contribution in [3.8, 4) is 5.75 Å². The van der Waals surface area contributed by atoms with Crippen LogP contribution in [0.25, 0.3) is 0 Å². The number of fused-ring (bicyclic) bond motifs is 1. The lowest BCUT2D eigenvalue weighted by atomic mass is 10.1. The molecule has 142 valence electrons. The molecule has 2 amide bonds. The number of carbonyl (C=O) groups is 2. The predicted molar refractivity (Wildman–Crippen MR) is 94.6 cm³/mol. The van der Waals surface area contributed by atoms with Gasteiger partial charge in [-0.15, -0.1) is 0 Å². The molecule has 2 N–H and O–H groups in total. The molecule has 0 unspecified atom stereocenters. The van der Waals surface area contributed by atoms with E-state index in [2.05, 4.69) is 10.0 Å². The zero-order valence-electron chi connectivity index (χ0n) is 14.4. The van der Waals surface area contributed by atoms with Gasteiger partial charge in [-0.1, -0.05) is 11.6 Å². The Bertz CT molecular complexity index is 834. The zero-order chi connectivity index (χ0) is 19.1. The second kappa shape index (κ2) is 7.05. The van der Waals surface area contributed by atoms with Crippen LogP contribution in [0.4, 0.5) is 0 Å². The molecule has 26 heavy (non-hydrogen) atoms. The number of ether oxygens (including phenoxy) is 1. The molecule has 0 radical (unpaired) electrons. The fourth-order valence-corrected chi connectivity index (χ4v) is 4.85. The Morgan fingerprint density at radius 1 is 1.38 bits per heavy atom. The van der Waals surface area contributed by atoms with Crippen LogP contribution in [-0.2, 0) is 19.6 Å². The minimum Gasteiger partial charge on any atom is -0.492 e. The van der Waals surface area contributed by atoms with Gasteiger partial charge in [0, 0.05) is 17.6 Å². The molecule has 2 aliphatic heterocycles. The third-order valence-corrected chi connectivity index (χ3v) is 6.42. The van der Waals surface area contributed by atoms with Gasteiger partial charge in [0.25, 0.3) is 0 Å². The number of amides is 2. The summed E-state index contributed by atoms with van der Waals surface area (Å²) in [6.45, 7) is 3.91. The Hall–Kier alpha value is -1.84. The van der Waals surface area contributed by atoms with Crippen molar-refractivity contribution in [1.29, 1.82) is 0 Å². The van der Waals surface area contributed by atoms with Gasteiger partial charge in [-0.05, 0) is 38.0 Å². The fraction of sp³-hybridized carbons (Fsp3) is 0.500. The number of benzene rings is 1. The van der Waals surface area contributed by atoms with Gasteiger partial charge in [0.2, 0.25) is 21.8 Å². The molecule has 3 rings (SSSR count). The largest absolute Gasteiger partial charge is 0.492 e. The molecule has 0 bridgehead atoms. The Labute approximate surface area is 156 Å². The molecule has 0 aliphatic carbocycles. The summed E-state index contributed by atoms with van der Waals surface area (Å²) in [6, 6.07) is 1.73. The van der Waals surface area contributed by atoms with E-state index < -0.39 is 22.1 Å². The van der Waals surface area contributed by atoms with Crippen LogP contribution in [0.1, 0.15) is 18.9 Å². The molecule has 2 heterocycles. The first-order valence-electron chi connectivity index (χ1n) is 8.25. The van der Waals surface area contributed by atoms with E-state index >= 15 is 0 Å². The van der Waals surface area contributed by atoms with Crippen LogP contribution >= 0.6 is 11.6 Å². The van der Waals surface area contributed by atoms with Crippen molar-refractivity contribution < 1.29 is 22.7 Å². The summed E-state index contributed by atoms with van der Waals surface area (Å²) >= 11 is 6.09. The molecule has 2 atom stereocenters. The van der Waals surface area contributed by atoms with Crippen LogP contribution in [-0.4, -0.2) is 56.9 Å². The fourth-order valence-electron chi connectivity index (χ4n) is 3.23. The smallest absolute Gasteiger partial charge is 0.244 e. The second-order valence-corrected chi connectivity index (χ2v) is 8.40. The van der Waals surface area contributed by atoms with Gasteiger partial charge < -0.3 is 15.0 Å². The second-order valence-electron chi connectivity index (χ2n) is 6.31. The predicted octanol–water partition coefficient (Wildman–Crippen LogP) is 0.425. The monoisotopic (exact) mass is 401 g/mol. The summed E-state index contributed by atoms with van der Waals surface area (Å²) in [5.74, 6) is -0.268. The number of sulfonamides is 1. The van der Waals surface area contributed by atoms with E-state index in [0.717, 1.165) is 0 Å². The van der Waals surface area contributed by atoms with Gasteiger partial charge in [-0.3, -0.25) is 9.59 Å². The van der Waals surface area contributed by atoms with Crippen LogP contribution < -0.4 is 14.8 Å². The Morgan fingerprint density at radius 3 is 2.77 bits per heavy atom. The molecule has 8 nitrogen and oxygen atoms in total. The van der Waals surface area contributed by atoms with E-state index in [4.69, 9.17) is 16.3 Å². The molecule has 0 aromatic heterocycles. The number of halogens is 1. The number of rotatable bonds is 5. The van der Waals surface area contributed by atoms with Crippen LogP contribution in [0.15, 0.2) is 17.0 Å². The lowest BCUT2D eigenvalue weighted by molar-refractivity contribution is -0.143. The molecule has 2 aliphatic rings. The average molecular weight is 402 g/mol. The molecule has 2 saturated heterocycles. The summed E-state index contributed by atoms with van der Waals surface area (Å²) < 4.78 is 33.7. The molecule has 10 heteroatoms. The maximum Gasteiger partial charge on any atom is 0.244 e. The minimum atomic E-state index is -3.94. The number of hydrogen-bond acceptors (Lipinski definition) is 5. The third-order valence-electron chi connectivity index (χ3n) is 4.47. The van der Waals surface area contributed by atoms with Gasteiger partial charge >= 0.3 is 0 Å². The van der Waals surface area contributed by atoms with Crippen LogP contribution in [0.3, 0.4) is 0 Å². The summed E-state index contributed by atoms with van der Waals surface area (Å²) in [7, 11) is -3.94. The van der Waals surface area contributed by atoms with Gasteiger partial charge in [-0.2, -0.15) is 0 Å². The normalized spacial score (nSPS) is 23.0. The van der Waals surface area contributed by atoms with Crippen molar-refractivity contribution in [2.24, 2.45) is 0 Å². The highest BCUT2D eigenvalue weighted by Crippen LogP contribution is 2.31. The molecule has 0 saturated carbocycles. The lowest BCUT2D eigenvalue weighted by Crippen LogP contribution is -2.55. The highest BCUT2D eigenvalue weighted by molar-refractivity contribution is 7.89. The third kappa shape index (κ3) is 3.51. The first-order chi connectivity index (χ1) is 12.2. The topological polar surface area (TPSA) is 105 Å². The van der Waals surface area contributed by atoms with Crippen molar-refractivity contribution in [1.82, 2.24) is 14.9 Å². The van der Waals surface area contributed by atoms with Crippen molar-refractivity contribution >= 4 is 33.4 Å². The average Bonchev–Trinajstić information content (AvgIpc) is 2.98. The SMILES string of the molecule is CCOc1cc(C)c(Cl)cc1S(=O)(=O)N[C@@H]1C[C@H]2C(=O)NCC(=O)N2C1. The number of hydrogen-bond donors (Lipinski definition) is 2. The summed E-state index contributed by atoms with van der Waals surface area (Å²) in [5, 5.41) is 2.83. The Morgan fingerprint density at radius 2 is 2.12 bits per heavy atom. The van der Waals surface area contributed by atoms with Gasteiger partial charge in [0.1, 0.15) is 16.7 Å². The molecule has 2 fully saturated rings. The number of aryl methyl sites for hydroxylation is 1. The molecule has 1 aromatic carbocycles. The minimum absolute atomic E-state index is 0.0587. The highest BCUT2D eigenvalue weighted by atomic mass is 35.5. The van der Waals surface area contributed by atoms with E-state index in [1.165, 1.54) is 11.0 Å². The first kappa shape index (κ1) is 18.9. The highest BCUT2D eigenvalue weighted by Gasteiger charge is 2.43. The Balaban J connectivity index is 1.85. The van der Waals surface area contributed by atoms with E-state index in [9.17, 15) is 18.0 Å². The lowest BCUT2D eigenvalue weighted by Gasteiger charge is -2.28. The van der Waals surface area contributed by atoms with E-state index in [0.29, 0.717) is 17.2 Å². The first-order valence-corrected chi connectivity index (χ1v) is 10.1. The molecular formula is C16H20ClN3O5S. The van der Waals surface area contributed by atoms with E-state index in [-0.39, 0.29) is 42.0 Å². The molecule has 0 spiro atoms. The van der Waals surface area contributed by atoms with Crippen LogP contribution in [0.2, 0.25) is 5.02 Å². The van der Waals surface area contributed by atoms with Gasteiger partial charge in [0.05, 0.1) is 13.2 Å². The maximum atomic E-state index is 12.9. The standard InChI is InChI=1S/C16H20ClN3O5S/c1-3-25-13-4-9(2)11(17)6-14(13)26(23,24)19-10-5-12-16(22)18-7-15(21)20(12)8-10/h4,6,10,12,19H,3,5,7-8H2,1-2H3,(H,18,22)/t10-,12+/m1/s1.